The number of carbonyl (C=O) groups is 5. The molecule has 3 heterocycles. The van der Waals surface area contributed by atoms with Crippen molar-refractivity contribution < 1.29 is 52.0 Å². The quantitative estimate of drug-likeness (QED) is 0.0391. The molecule has 5 amide bonds. The molecule has 19 nitrogen and oxygen atoms in total. The zero-order valence-corrected chi connectivity index (χ0v) is 41.4. The third kappa shape index (κ3) is 17.3. The monoisotopic (exact) mass is 982 g/mol. The molecule has 70 heavy (non-hydrogen) atoms. The third-order valence-electron chi connectivity index (χ3n) is 11.3. The van der Waals surface area contributed by atoms with E-state index in [0.29, 0.717) is 55.9 Å². The fourth-order valence-corrected chi connectivity index (χ4v) is 8.71. The zero-order chi connectivity index (χ0) is 50.6. The van der Waals surface area contributed by atoms with Gasteiger partial charge in [0.05, 0.1) is 51.0 Å². The number of phosphoric ester groups is 1. The number of unbranched alkanes of at least 4 members (excludes halogenated alkanes) is 5. The van der Waals surface area contributed by atoms with Gasteiger partial charge in [0.15, 0.2) is 11.5 Å². The van der Waals surface area contributed by atoms with Gasteiger partial charge in [-0.3, -0.25) is 33.4 Å². The van der Waals surface area contributed by atoms with Crippen LogP contribution in [0, 0.1) is 0 Å². The molecule has 5 rings (SSSR count). The van der Waals surface area contributed by atoms with Crippen LogP contribution in [0.15, 0.2) is 72.3 Å². The zero-order valence-electron chi connectivity index (χ0n) is 40.5. The molecule has 4 N–H and O–H groups in total. The maximum absolute atomic E-state index is 14.0. The highest BCUT2D eigenvalue weighted by Crippen LogP contribution is 2.48. The van der Waals surface area contributed by atoms with E-state index in [2.05, 4.69) is 32.8 Å². The van der Waals surface area contributed by atoms with Gasteiger partial charge in [0.2, 0.25) is 29.5 Å². The summed E-state index contributed by atoms with van der Waals surface area (Å²) in [5.41, 5.74) is 5.10. The minimum absolute atomic E-state index is 0.000468. The lowest BCUT2D eigenvalue weighted by atomic mass is 9.95. The fourth-order valence-electron chi connectivity index (χ4n) is 7.84. The minimum atomic E-state index is -4.39. The van der Waals surface area contributed by atoms with E-state index in [4.69, 9.17) is 34.2 Å². The second-order valence-electron chi connectivity index (χ2n) is 17.4. The number of benzene rings is 2. The van der Waals surface area contributed by atoms with Crippen molar-refractivity contribution in [2.45, 2.75) is 123 Å². The van der Waals surface area contributed by atoms with Crippen LogP contribution in [0.25, 0.3) is 22.5 Å². The summed E-state index contributed by atoms with van der Waals surface area (Å²) in [4.78, 5) is 77.2. The molecular weight excluding hydrogens is 917 g/mol. The van der Waals surface area contributed by atoms with Crippen LogP contribution < -0.4 is 20.9 Å². The highest BCUT2D eigenvalue weighted by atomic mass is 31.2. The Kier molecular flexibility index (Phi) is 21.8. The first kappa shape index (κ1) is 55.2. The first-order valence-electron chi connectivity index (χ1n) is 23.9. The Balaban J connectivity index is 1.05. The van der Waals surface area contributed by atoms with Crippen molar-refractivity contribution in [1.29, 1.82) is 0 Å². The Hall–Kier alpha value is -5.75. The Labute approximate surface area is 412 Å². The molecule has 374 valence electrons. The predicted molar refractivity (Wildman–Crippen MR) is 265 cm³/mol. The number of aryl methyl sites for hydroxylation is 1. The van der Waals surface area contributed by atoms with Crippen LogP contribution in [0.5, 0.6) is 0 Å². The number of allylic oxidation sites excluding steroid dienone is 1. The summed E-state index contributed by atoms with van der Waals surface area (Å²) in [6.45, 7) is 10.4. The molecule has 4 radical (unpaired) electrons. The molecule has 0 saturated heterocycles. The molecule has 1 aromatic heterocycles. The van der Waals surface area contributed by atoms with E-state index >= 15 is 0 Å². The van der Waals surface area contributed by atoms with Crippen LogP contribution in [0.1, 0.15) is 97.0 Å². The lowest BCUT2D eigenvalue weighted by Crippen LogP contribution is -2.43. The first-order chi connectivity index (χ1) is 33.5. The fraction of sp³-hybridized carbons (Fsp3) is 0.521. The molecular formula is C48H65B2N8O11P. The van der Waals surface area contributed by atoms with Gasteiger partial charge in [-0.2, -0.15) is 0 Å². The van der Waals surface area contributed by atoms with Gasteiger partial charge in [0.1, 0.15) is 20.1 Å². The maximum atomic E-state index is 14.0. The Morgan fingerprint density at radius 3 is 2.39 bits per heavy atom. The largest absolute Gasteiger partial charge is 0.527 e. The van der Waals surface area contributed by atoms with Crippen LogP contribution in [0.3, 0.4) is 0 Å². The van der Waals surface area contributed by atoms with E-state index in [9.17, 15) is 33.4 Å². The number of hydrogen-bond acceptors (Lipinski definition) is 12. The van der Waals surface area contributed by atoms with Crippen LogP contribution in [-0.4, -0.2) is 122 Å². The average Bonchev–Trinajstić information content (AvgIpc) is 3.89. The van der Waals surface area contributed by atoms with Crippen molar-refractivity contribution in [3.63, 3.8) is 0 Å². The van der Waals surface area contributed by atoms with Crippen molar-refractivity contribution in [3.8, 4) is 22.5 Å². The number of nitrogens with one attached hydrogen (secondary N) is 3. The van der Waals surface area contributed by atoms with Crippen LogP contribution in [0.4, 0.5) is 5.69 Å². The van der Waals surface area contributed by atoms with E-state index in [1.807, 2.05) is 67.1 Å². The second-order valence-corrected chi connectivity index (χ2v) is 18.8. The molecule has 2 aromatic carbocycles. The van der Waals surface area contributed by atoms with E-state index in [-0.39, 0.29) is 113 Å². The number of fused-ring (bicyclic) bond motifs is 5. The Morgan fingerprint density at radius 2 is 1.63 bits per heavy atom. The molecule has 0 fully saturated rings. The van der Waals surface area contributed by atoms with Crippen molar-refractivity contribution in [1.82, 2.24) is 35.8 Å². The summed E-state index contributed by atoms with van der Waals surface area (Å²) in [5, 5.41) is 17.5. The summed E-state index contributed by atoms with van der Waals surface area (Å²) in [5.74, 6) is -0.993. The van der Waals surface area contributed by atoms with Gasteiger partial charge >= 0.3 is 7.82 Å². The number of rotatable bonds is 29. The smallest absolute Gasteiger partial charge is 0.498 e. The Morgan fingerprint density at radius 1 is 0.929 bits per heavy atom. The van der Waals surface area contributed by atoms with Crippen LogP contribution >= 0.6 is 7.82 Å². The number of anilines is 1. The molecule has 2 aliphatic heterocycles. The summed E-state index contributed by atoms with van der Waals surface area (Å²) in [6.07, 6.45) is 4.76. The van der Waals surface area contributed by atoms with Crippen LogP contribution in [0.2, 0.25) is 6.32 Å². The molecule has 22 heteroatoms. The van der Waals surface area contributed by atoms with Gasteiger partial charge < -0.3 is 39.7 Å². The van der Waals surface area contributed by atoms with Gasteiger partial charge in [0.25, 0.3) is 0 Å². The number of para-hydroxylation sites is 1. The van der Waals surface area contributed by atoms with Gasteiger partial charge in [-0.1, -0.05) is 73.5 Å². The standard InChI is InChI=1S/C48H65B2N8O11P/c1-33(2)53-44(61)31-56(46(63)29-49)26-24-52-42(59)20-8-7-14-25-58-48-36-17-10-9-16-35(36)30-57(38-19-12-11-18-37(38)47(48)54-55-58)45(62)22-21-43(60)51-23-13-5-6-15-27-67-70(64,65)69-39-28-41(50)68-40(39)32-66-34(3)4/h9-12,16-19,34,41H,1,5-8,13-15,20-32H2,2-4H3,(H,51,60)(H,52,59)(H,53,61)(H,64,65)/t41-/m1/s1. The Bertz CT molecular complexity index is 2380. The minimum Gasteiger partial charge on any atom is -0.498 e. The van der Waals surface area contributed by atoms with Crippen LogP contribution in [-0.2, 0) is 60.1 Å². The van der Waals surface area contributed by atoms with Crippen molar-refractivity contribution in [2.24, 2.45) is 0 Å². The number of nitrogens with zero attached hydrogens (tertiary/aromatic N) is 5. The predicted octanol–water partition coefficient (Wildman–Crippen LogP) is 5.34. The lowest BCUT2D eigenvalue weighted by molar-refractivity contribution is -0.134. The van der Waals surface area contributed by atoms with Gasteiger partial charge in [-0.25, -0.2) is 9.25 Å². The van der Waals surface area contributed by atoms with Crippen molar-refractivity contribution in [3.05, 3.63) is 77.9 Å². The number of amides is 5. The SMILES string of the molecule is [B]CC(=O)N(CCNC(=O)CCCCCn1nnc2c1-c1ccccc1CN(C(=O)CCC(=O)NCCCCCCOP(=O)(O)OC1=C(COC(C)C)O[C@@H]([B])C1)c1ccccc1-2)CC(=O)NC(=C)C. The normalized spacial score (nSPS) is 14.8. The van der Waals surface area contributed by atoms with E-state index in [1.54, 1.807) is 11.8 Å². The van der Waals surface area contributed by atoms with E-state index in [0.717, 1.165) is 41.6 Å². The highest BCUT2D eigenvalue weighted by Gasteiger charge is 2.32. The van der Waals surface area contributed by atoms with E-state index in [1.165, 1.54) is 4.90 Å². The second kappa shape index (κ2) is 27.6. The average molecular weight is 983 g/mol. The molecule has 1 unspecified atom stereocenters. The number of hydrogen-bond donors (Lipinski definition) is 4. The molecule has 0 spiro atoms. The molecule has 2 atom stereocenters. The topological polar surface area (TPSA) is 233 Å². The van der Waals surface area contributed by atoms with Gasteiger partial charge in [-0.15, -0.1) is 5.10 Å². The van der Waals surface area contributed by atoms with Crippen molar-refractivity contribution >= 4 is 58.7 Å². The van der Waals surface area contributed by atoms with Gasteiger partial charge in [0, 0.05) is 68.7 Å². The number of aromatic nitrogens is 3. The molecule has 0 saturated carbocycles. The van der Waals surface area contributed by atoms with Gasteiger partial charge in [-0.05, 0) is 64.4 Å². The van der Waals surface area contributed by atoms with Crippen molar-refractivity contribution in [2.75, 3.05) is 44.3 Å². The summed E-state index contributed by atoms with van der Waals surface area (Å²) in [6, 6.07) is 14.7. The number of phosphoric acid groups is 1. The summed E-state index contributed by atoms with van der Waals surface area (Å²) >= 11 is 0. The molecule has 3 aromatic rings. The molecule has 0 aliphatic carbocycles. The molecule has 2 aliphatic rings. The summed E-state index contributed by atoms with van der Waals surface area (Å²) in [7, 11) is 6.94. The number of ether oxygens (including phenoxy) is 2. The first-order valence-corrected chi connectivity index (χ1v) is 25.4. The molecule has 0 bridgehead atoms. The maximum Gasteiger partial charge on any atom is 0.527 e. The number of carbonyl (C=O) groups excluding carboxylic acids is 5. The highest BCUT2D eigenvalue weighted by molar-refractivity contribution is 7.47. The lowest BCUT2D eigenvalue weighted by Gasteiger charge is -2.28. The third-order valence-corrected chi connectivity index (χ3v) is 12.2. The summed E-state index contributed by atoms with van der Waals surface area (Å²) < 4.78 is 35.8. The van der Waals surface area contributed by atoms with E-state index < -0.39 is 19.7 Å².